The summed E-state index contributed by atoms with van der Waals surface area (Å²) in [5, 5.41) is 7.35. The molecule has 0 N–H and O–H groups in total. The van der Waals surface area contributed by atoms with E-state index in [1.165, 1.54) is 20.9 Å². The monoisotopic (exact) mass is 665 g/mol. The van der Waals surface area contributed by atoms with Crippen LogP contribution in [0.4, 0.5) is 0 Å². The highest BCUT2D eigenvalue weighted by atomic mass is 35.5. The van der Waals surface area contributed by atoms with Crippen LogP contribution in [-0.4, -0.2) is 15.0 Å². The molecule has 4 nitrogen and oxygen atoms in total. The summed E-state index contributed by atoms with van der Waals surface area (Å²) >= 11 is 8.85. The van der Waals surface area contributed by atoms with Crippen LogP contribution in [0.5, 0.6) is 0 Å². The molecule has 0 saturated carbocycles. The molecule has 0 fully saturated rings. The van der Waals surface area contributed by atoms with Crippen LogP contribution in [0.2, 0.25) is 5.02 Å². The molecule has 0 bridgehead atoms. The third-order valence-corrected chi connectivity index (χ3v) is 10.7. The molecule has 0 aliphatic rings. The summed E-state index contributed by atoms with van der Waals surface area (Å²) in [4.78, 5) is 15.6. The van der Waals surface area contributed by atoms with E-state index in [-0.39, 0.29) is 0 Å². The third-order valence-electron chi connectivity index (χ3n) is 9.21. The van der Waals surface area contributed by atoms with Gasteiger partial charge in [0.1, 0.15) is 11.2 Å². The van der Waals surface area contributed by atoms with E-state index in [9.17, 15) is 0 Å². The van der Waals surface area contributed by atoms with Gasteiger partial charge >= 0.3 is 0 Å². The minimum Gasteiger partial charge on any atom is -0.456 e. The molecule has 0 amide bonds. The Balaban J connectivity index is 1.27. The number of halogens is 1. The van der Waals surface area contributed by atoms with Gasteiger partial charge in [0.15, 0.2) is 17.5 Å². The summed E-state index contributed by atoms with van der Waals surface area (Å²) in [6, 6.07) is 49.8. The normalized spacial score (nSPS) is 11.8. The van der Waals surface area contributed by atoms with Crippen LogP contribution < -0.4 is 0 Å². The van der Waals surface area contributed by atoms with Crippen molar-refractivity contribution in [2.75, 3.05) is 0 Å². The number of aromatic nitrogens is 3. The van der Waals surface area contributed by atoms with Crippen LogP contribution >= 0.6 is 22.9 Å². The van der Waals surface area contributed by atoms with Crippen molar-refractivity contribution in [1.29, 1.82) is 0 Å². The maximum absolute atomic E-state index is 7.13. The summed E-state index contributed by atoms with van der Waals surface area (Å²) in [7, 11) is 0. The van der Waals surface area contributed by atoms with E-state index < -0.39 is 0 Å². The molecular formula is C43H24ClN3OS. The lowest BCUT2D eigenvalue weighted by Gasteiger charge is -2.12. The van der Waals surface area contributed by atoms with Gasteiger partial charge in [0.25, 0.3) is 0 Å². The Hall–Kier alpha value is -5.88. The van der Waals surface area contributed by atoms with Crippen molar-refractivity contribution in [2.45, 2.75) is 0 Å². The number of fused-ring (bicyclic) bond motifs is 8. The van der Waals surface area contributed by atoms with Gasteiger partial charge in [-0.3, -0.25) is 0 Å². The van der Waals surface area contributed by atoms with Gasteiger partial charge in [-0.2, -0.15) is 0 Å². The summed E-state index contributed by atoms with van der Waals surface area (Å²) in [6.45, 7) is 0. The smallest absolute Gasteiger partial charge is 0.167 e. The first-order valence-corrected chi connectivity index (χ1v) is 17.2. The Kier molecular flexibility index (Phi) is 6.38. The lowest BCUT2D eigenvalue weighted by Crippen LogP contribution is -2.01. The van der Waals surface area contributed by atoms with E-state index >= 15 is 0 Å². The number of rotatable bonds is 4. The molecule has 7 aromatic carbocycles. The minimum atomic E-state index is 0.529. The van der Waals surface area contributed by atoms with Gasteiger partial charge in [0.05, 0.1) is 10.6 Å². The van der Waals surface area contributed by atoms with Crippen LogP contribution in [0.15, 0.2) is 150 Å². The van der Waals surface area contributed by atoms with Crippen molar-refractivity contribution >= 4 is 75.8 Å². The molecule has 230 valence electrons. The average molecular weight is 666 g/mol. The summed E-state index contributed by atoms with van der Waals surface area (Å²) in [5.74, 6) is 1.66. The quantitative estimate of drug-likeness (QED) is 0.188. The van der Waals surface area contributed by atoms with Crippen LogP contribution in [0.1, 0.15) is 0 Å². The molecule has 0 aliphatic carbocycles. The number of furan rings is 1. The maximum Gasteiger partial charge on any atom is 0.167 e. The molecule has 0 aliphatic heterocycles. The second kappa shape index (κ2) is 11.1. The first-order valence-electron chi connectivity index (χ1n) is 16.0. The highest BCUT2D eigenvalue weighted by molar-refractivity contribution is 7.26. The molecule has 10 rings (SSSR count). The van der Waals surface area contributed by atoms with E-state index in [1.54, 1.807) is 11.3 Å². The van der Waals surface area contributed by atoms with Gasteiger partial charge in [0, 0.05) is 42.1 Å². The number of hydrogen-bond acceptors (Lipinski definition) is 5. The van der Waals surface area contributed by atoms with E-state index in [1.807, 2.05) is 54.6 Å². The van der Waals surface area contributed by atoms with Crippen molar-refractivity contribution in [3.05, 3.63) is 151 Å². The van der Waals surface area contributed by atoms with Crippen LogP contribution in [0.3, 0.4) is 0 Å². The van der Waals surface area contributed by atoms with Gasteiger partial charge in [-0.05, 0) is 52.2 Å². The molecule has 3 aromatic heterocycles. The molecule has 3 heterocycles. The van der Waals surface area contributed by atoms with Gasteiger partial charge in [-0.15, -0.1) is 11.3 Å². The molecular weight excluding hydrogens is 642 g/mol. The predicted octanol–water partition coefficient (Wildman–Crippen LogP) is 12.6. The number of para-hydroxylation sites is 1. The molecule has 6 heteroatoms. The Morgan fingerprint density at radius 1 is 0.490 bits per heavy atom. The SMILES string of the molecule is Clc1ccc2c(sc3ccc4ccccc4c32)c1-c1nc(-c2cccc(-c3ccccc3)c2)nc(-c2cccc3oc4ccccc4c23)n1. The molecule has 0 radical (unpaired) electrons. The fourth-order valence-corrected chi connectivity index (χ4v) is 8.52. The first-order chi connectivity index (χ1) is 24.2. The molecule has 49 heavy (non-hydrogen) atoms. The van der Waals surface area contributed by atoms with Crippen molar-refractivity contribution in [3.63, 3.8) is 0 Å². The third kappa shape index (κ3) is 4.55. The second-order valence-corrected chi connectivity index (χ2v) is 13.6. The second-order valence-electron chi connectivity index (χ2n) is 12.1. The van der Waals surface area contributed by atoms with Crippen LogP contribution in [0.25, 0.3) is 98.2 Å². The zero-order chi connectivity index (χ0) is 32.5. The van der Waals surface area contributed by atoms with Gasteiger partial charge in [-0.1, -0.05) is 127 Å². The molecule has 0 unspecified atom stereocenters. The largest absolute Gasteiger partial charge is 0.456 e. The maximum atomic E-state index is 7.13. The number of nitrogens with zero attached hydrogens (tertiary/aromatic N) is 3. The number of benzene rings is 7. The number of thiophene rings is 1. The van der Waals surface area contributed by atoms with Gasteiger partial charge in [-0.25, -0.2) is 15.0 Å². The van der Waals surface area contributed by atoms with E-state index in [2.05, 4.69) is 91.0 Å². The average Bonchev–Trinajstić information content (AvgIpc) is 3.74. The Bertz CT molecular complexity index is 2910. The Labute approximate surface area is 289 Å². The molecule has 0 saturated heterocycles. The summed E-state index contributed by atoms with van der Waals surface area (Å²) in [5.41, 5.74) is 6.38. The van der Waals surface area contributed by atoms with Crippen molar-refractivity contribution in [1.82, 2.24) is 15.0 Å². The summed E-state index contributed by atoms with van der Waals surface area (Å²) < 4.78 is 8.50. The molecule has 10 aromatic rings. The van der Waals surface area contributed by atoms with Crippen molar-refractivity contribution in [2.24, 2.45) is 0 Å². The Morgan fingerprint density at radius 3 is 2.12 bits per heavy atom. The van der Waals surface area contributed by atoms with E-state index in [0.29, 0.717) is 22.5 Å². The topological polar surface area (TPSA) is 51.8 Å². The standard InChI is InChI=1S/C43H24ClN3OS/c44-33-22-21-31-38-29-15-5-4-12-26(29)20-23-36(38)49-40(31)39(33)43-46-41(28-14-8-13-27(24-28)25-10-2-1-3-11-25)45-42(47-43)32-17-9-19-35-37(32)30-16-6-7-18-34(30)48-35/h1-24H. The van der Waals surface area contributed by atoms with Gasteiger partial charge in [0.2, 0.25) is 0 Å². The lowest BCUT2D eigenvalue weighted by molar-refractivity contribution is 0.669. The van der Waals surface area contributed by atoms with Crippen molar-refractivity contribution < 1.29 is 4.42 Å². The highest BCUT2D eigenvalue weighted by Gasteiger charge is 2.22. The fourth-order valence-electron chi connectivity index (χ4n) is 6.96. The van der Waals surface area contributed by atoms with E-state index in [0.717, 1.165) is 59.8 Å². The van der Waals surface area contributed by atoms with E-state index in [4.69, 9.17) is 31.0 Å². The Morgan fingerprint density at radius 2 is 1.20 bits per heavy atom. The predicted molar refractivity (Wildman–Crippen MR) is 204 cm³/mol. The van der Waals surface area contributed by atoms with Crippen LogP contribution in [-0.2, 0) is 0 Å². The van der Waals surface area contributed by atoms with Crippen LogP contribution in [0, 0.1) is 0 Å². The molecule has 0 atom stereocenters. The molecule has 0 spiro atoms. The zero-order valence-corrected chi connectivity index (χ0v) is 27.5. The lowest BCUT2D eigenvalue weighted by atomic mass is 10.0. The van der Waals surface area contributed by atoms with Crippen molar-refractivity contribution in [3.8, 4) is 45.3 Å². The van der Waals surface area contributed by atoms with Gasteiger partial charge < -0.3 is 4.42 Å². The zero-order valence-electron chi connectivity index (χ0n) is 25.9. The highest BCUT2D eigenvalue weighted by Crippen LogP contribution is 2.45. The minimum absolute atomic E-state index is 0.529. The first kappa shape index (κ1) is 28.2. The fraction of sp³-hybridized carbons (Fsp3) is 0. The summed E-state index contributed by atoms with van der Waals surface area (Å²) in [6.07, 6.45) is 0. The number of hydrogen-bond donors (Lipinski definition) is 0.